The van der Waals surface area contributed by atoms with Gasteiger partial charge in [-0.3, -0.25) is 9.69 Å². The number of aromatic nitrogens is 1. The van der Waals surface area contributed by atoms with Crippen molar-refractivity contribution in [2.24, 2.45) is 0 Å². The van der Waals surface area contributed by atoms with Crippen LogP contribution in [0.15, 0.2) is 18.3 Å². The number of anilines is 1. The number of aliphatic hydroxyl groups is 1. The second kappa shape index (κ2) is 7.02. The van der Waals surface area contributed by atoms with E-state index in [1.807, 2.05) is 0 Å². The molecule has 20 heavy (non-hydrogen) atoms. The first-order chi connectivity index (χ1) is 9.54. The van der Waals surface area contributed by atoms with Gasteiger partial charge in [0.05, 0.1) is 17.7 Å². The minimum Gasteiger partial charge on any atom is -0.393 e. The monoisotopic (exact) mass is 297 g/mol. The predicted octanol–water partition coefficient (Wildman–Crippen LogP) is 1.91. The van der Waals surface area contributed by atoms with Gasteiger partial charge in [-0.1, -0.05) is 11.6 Å². The van der Waals surface area contributed by atoms with E-state index in [1.54, 1.807) is 19.1 Å². The molecule has 110 valence electrons. The third-order valence-electron chi connectivity index (χ3n) is 3.45. The Morgan fingerprint density at radius 3 is 3.10 bits per heavy atom. The Labute approximate surface area is 123 Å². The van der Waals surface area contributed by atoms with Gasteiger partial charge in [0, 0.05) is 12.2 Å². The van der Waals surface area contributed by atoms with Gasteiger partial charge in [0.25, 0.3) is 0 Å². The van der Waals surface area contributed by atoms with Crippen molar-refractivity contribution in [2.45, 2.75) is 38.3 Å². The molecule has 0 spiro atoms. The molecule has 1 amide bonds. The van der Waals surface area contributed by atoms with E-state index in [1.165, 1.54) is 6.20 Å². The van der Waals surface area contributed by atoms with Crippen LogP contribution in [0.25, 0.3) is 0 Å². The second-order valence-electron chi connectivity index (χ2n) is 5.26. The Morgan fingerprint density at radius 1 is 1.65 bits per heavy atom. The molecule has 0 bridgehead atoms. The third kappa shape index (κ3) is 4.44. The molecule has 2 rings (SSSR count). The molecule has 1 aliphatic heterocycles. The van der Waals surface area contributed by atoms with Crippen LogP contribution in [0.5, 0.6) is 0 Å². The highest BCUT2D eigenvalue weighted by molar-refractivity contribution is 6.30. The number of nitrogens with one attached hydrogen (secondary N) is 1. The van der Waals surface area contributed by atoms with Crippen LogP contribution in [0.4, 0.5) is 5.82 Å². The van der Waals surface area contributed by atoms with Crippen molar-refractivity contribution >= 4 is 23.3 Å². The molecular formula is C14H20ClN3O2. The summed E-state index contributed by atoms with van der Waals surface area (Å²) < 4.78 is 0. The lowest BCUT2D eigenvalue weighted by Gasteiger charge is -2.24. The average Bonchev–Trinajstić information content (AvgIpc) is 2.78. The molecular weight excluding hydrogens is 278 g/mol. The zero-order chi connectivity index (χ0) is 14.5. The maximum atomic E-state index is 12.0. The number of amides is 1. The summed E-state index contributed by atoms with van der Waals surface area (Å²) in [5, 5.41) is 12.8. The van der Waals surface area contributed by atoms with E-state index >= 15 is 0 Å². The van der Waals surface area contributed by atoms with Crippen molar-refractivity contribution < 1.29 is 9.90 Å². The van der Waals surface area contributed by atoms with Gasteiger partial charge in [-0.2, -0.15) is 0 Å². The van der Waals surface area contributed by atoms with Gasteiger partial charge in [-0.15, -0.1) is 0 Å². The molecule has 0 radical (unpaired) electrons. The van der Waals surface area contributed by atoms with Crippen LogP contribution in [0, 0.1) is 0 Å². The van der Waals surface area contributed by atoms with Gasteiger partial charge in [0.1, 0.15) is 5.82 Å². The second-order valence-corrected chi connectivity index (χ2v) is 5.70. The highest BCUT2D eigenvalue weighted by Crippen LogP contribution is 2.21. The SMILES string of the molecule is CC(O)CC1CCCN1CC(=O)Nc1ccc(Cl)cn1. The summed E-state index contributed by atoms with van der Waals surface area (Å²) >= 11 is 5.75. The molecule has 6 heteroatoms. The Balaban J connectivity index is 1.86. The van der Waals surface area contributed by atoms with Crippen molar-refractivity contribution in [1.29, 1.82) is 0 Å². The zero-order valence-electron chi connectivity index (χ0n) is 11.6. The number of likely N-dealkylation sites (tertiary alicyclic amines) is 1. The highest BCUT2D eigenvalue weighted by Gasteiger charge is 2.27. The highest BCUT2D eigenvalue weighted by atomic mass is 35.5. The first kappa shape index (κ1) is 15.2. The van der Waals surface area contributed by atoms with Crippen molar-refractivity contribution in [3.63, 3.8) is 0 Å². The van der Waals surface area contributed by atoms with Gasteiger partial charge in [0.15, 0.2) is 0 Å². The number of halogens is 1. The number of hydrogen-bond acceptors (Lipinski definition) is 4. The largest absolute Gasteiger partial charge is 0.393 e. The van der Waals surface area contributed by atoms with Crippen LogP contribution in [-0.2, 0) is 4.79 Å². The van der Waals surface area contributed by atoms with E-state index in [-0.39, 0.29) is 12.0 Å². The molecule has 0 saturated carbocycles. The number of hydrogen-bond donors (Lipinski definition) is 2. The third-order valence-corrected chi connectivity index (χ3v) is 3.68. The first-order valence-electron chi connectivity index (χ1n) is 6.88. The molecule has 1 aromatic rings. The summed E-state index contributed by atoms with van der Waals surface area (Å²) in [5.41, 5.74) is 0. The van der Waals surface area contributed by atoms with Crippen LogP contribution < -0.4 is 5.32 Å². The van der Waals surface area contributed by atoms with Crippen molar-refractivity contribution in [2.75, 3.05) is 18.4 Å². The molecule has 5 nitrogen and oxygen atoms in total. The van der Waals surface area contributed by atoms with Crippen LogP contribution in [0.3, 0.4) is 0 Å². The van der Waals surface area contributed by atoms with Gasteiger partial charge < -0.3 is 10.4 Å². The molecule has 1 saturated heterocycles. The molecule has 2 atom stereocenters. The van der Waals surface area contributed by atoms with Crippen molar-refractivity contribution in [3.05, 3.63) is 23.4 Å². The summed E-state index contributed by atoms with van der Waals surface area (Å²) in [4.78, 5) is 18.2. The molecule has 1 aromatic heterocycles. The summed E-state index contributed by atoms with van der Waals surface area (Å²) in [7, 11) is 0. The predicted molar refractivity (Wildman–Crippen MR) is 78.8 cm³/mol. The quantitative estimate of drug-likeness (QED) is 0.871. The van der Waals surface area contributed by atoms with Gasteiger partial charge in [-0.25, -0.2) is 4.98 Å². The Bertz CT molecular complexity index is 450. The molecule has 0 aliphatic carbocycles. The number of pyridine rings is 1. The van der Waals surface area contributed by atoms with Crippen LogP contribution >= 0.6 is 11.6 Å². The van der Waals surface area contributed by atoms with Gasteiger partial charge in [0.2, 0.25) is 5.91 Å². The number of carbonyl (C=O) groups is 1. The standard InChI is InChI=1S/C14H20ClN3O2/c1-10(19)7-12-3-2-6-18(12)9-14(20)17-13-5-4-11(15)8-16-13/h4-5,8,10,12,19H,2-3,6-7,9H2,1H3,(H,16,17,20). The van der Waals surface area contributed by atoms with E-state index in [4.69, 9.17) is 11.6 Å². The maximum absolute atomic E-state index is 12.0. The first-order valence-corrected chi connectivity index (χ1v) is 7.26. The summed E-state index contributed by atoms with van der Waals surface area (Å²) in [5.74, 6) is 0.419. The minimum atomic E-state index is -0.332. The zero-order valence-corrected chi connectivity index (χ0v) is 12.3. The lowest BCUT2D eigenvalue weighted by atomic mass is 10.1. The summed E-state index contributed by atoms with van der Waals surface area (Å²) in [6.07, 6.45) is 4.00. The molecule has 1 fully saturated rings. The summed E-state index contributed by atoms with van der Waals surface area (Å²) in [6, 6.07) is 3.66. The normalized spacial score (nSPS) is 20.9. The number of aliphatic hydroxyl groups excluding tert-OH is 1. The topological polar surface area (TPSA) is 65.5 Å². The fourth-order valence-electron chi connectivity index (χ4n) is 2.58. The van der Waals surface area contributed by atoms with E-state index < -0.39 is 0 Å². The molecule has 2 N–H and O–H groups in total. The lowest BCUT2D eigenvalue weighted by molar-refractivity contribution is -0.117. The van der Waals surface area contributed by atoms with Crippen LogP contribution in [0.2, 0.25) is 5.02 Å². The number of carbonyl (C=O) groups excluding carboxylic acids is 1. The Kier molecular flexibility index (Phi) is 5.34. The number of nitrogens with zero attached hydrogens (tertiary/aromatic N) is 2. The maximum Gasteiger partial charge on any atom is 0.239 e. The van der Waals surface area contributed by atoms with Crippen molar-refractivity contribution in [1.82, 2.24) is 9.88 Å². The smallest absolute Gasteiger partial charge is 0.239 e. The fourth-order valence-corrected chi connectivity index (χ4v) is 2.69. The van der Waals surface area contributed by atoms with Gasteiger partial charge >= 0.3 is 0 Å². The Hall–Kier alpha value is -1.17. The van der Waals surface area contributed by atoms with Crippen LogP contribution in [0.1, 0.15) is 26.2 Å². The van der Waals surface area contributed by atoms with Crippen molar-refractivity contribution in [3.8, 4) is 0 Å². The van der Waals surface area contributed by atoms with E-state index in [9.17, 15) is 9.90 Å². The minimum absolute atomic E-state index is 0.0858. The average molecular weight is 298 g/mol. The summed E-state index contributed by atoms with van der Waals surface area (Å²) in [6.45, 7) is 3.02. The van der Waals surface area contributed by atoms with Crippen LogP contribution in [-0.4, -0.2) is 46.1 Å². The fraction of sp³-hybridized carbons (Fsp3) is 0.571. The number of rotatable bonds is 5. The van der Waals surface area contributed by atoms with E-state index in [0.717, 1.165) is 19.4 Å². The molecule has 2 unspecified atom stereocenters. The van der Waals surface area contributed by atoms with E-state index in [2.05, 4.69) is 15.2 Å². The Morgan fingerprint density at radius 2 is 2.45 bits per heavy atom. The van der Waals surface area contributed by atoms with E-state index in [0.29, 0.717) is 29.8 Å². The molecule has 1 aliphatic rings. The molecule has 0 aromatic carbocycles. The molecule has 2 heterocycles. The van der Waals surface area contributed by atoms with Gasteiger partial charge in [-0.05, 0) is 44.9 Å². The lowest BCUT2D eigenvalue weighted by Crippen LogP contribution is -2.38.